The Hall–Kier alpha value is -3.46. The van der Waals surface area contributed by atoms with Crippen LogP contribution in [0.15, 0.2) is 83.7 Å². The Bertz CT molecular complexity index is 1140. The predicted molar refractivity (Wildman–Crippen MR) is 107 cm³/mol. The molecule has 1 aromatic heterocycles. The van der Waals surface area contributed by atoms with E-state index in [-0.39, 0.29) is 5.43 Å². The molecule has 0 aliphatic carbocycles. The summed E-state index contributed by atoms with van der Waals surface area (Å²) in [5.74, 6) is 0. The lowest BCUT2D eigenvalue weighted by Gasteiger charge is -2.00. The molecule has 0 bridgehead atoms. The lowest BCUT2D eigenvalue weighted by molar-refractivity contribution is 0.902. The van der Waals surface area contributed by atoms with Gasteiger partial charge in [-0.1, -0.05) is 72.3 Å². The number of aryl methyl sites for hydroxylation is 1. The van der Waals surface area contributed by atoms with E-state index in [0.717, 1.165) is 22.3 Å². The molecule has 0 radical (unpaired) electrons. The molecule has 0 N–H and O–H groups in total. The van der Waals surface area contributed by atoms with Gasteiger partial charge in [0, 0.05) is 5.39 Å². The SMILES string of the molecule is Cc1ccc(/C=C\c2nn(-c3ccccc3)c3c(=O)ccccc23)cc1. The molecule has 0 saturated heterocycles. The maximum Gasteiger partial charge on any atom is 0.204 e. The average Bonchev–Trinajstić information content (AvgIpc) is 2.93. The third-order valence-electron chi connectivity index (χ3n) is 4.32. The Morgan fingerprint density at radius 1 is 0.808 bits per heavy atom. The summed E-state index contributed by atoms with van der Waals surface area (Å²) < 4.78 is 1.73. The van der Waals surface area contributed by atoms with Crippen LogP contribution in [0.1, 0.15) is 16.8 Å². The largest absolute Gasteiger partial charge is 0.288 e. The lowest BCUT2D eigenvalue weighted by atomic mass is 10.1. The zero-order valence-corrected chi connectivity index (χ0v) is 14.5. The van der Waals surface area contributed by atoms with Crippen molar-refractivity contribution in [2.24, 2.45) is 0 Å². The summed E-state index contributed by atoms with van der Waals surface area (Å²) >= 11 is 0. The molecule has 4 aromatic rings. The number of hydrogen-bond donors (Lipinski definition) is 0. The van der Waals surface area contributed by atoms with Crippen LogP contribution in [-0.4, -0.2) is 9.78 Å². The van der Waals surface area contributed by atoms with Crippen LogP contribution in [0.4, 0.5) is 0 Å². The van der Waals surface area contributed by atoms with Crippen molar-refractivity contribution in [1.82, 2.24) is 9.78 Å². The molecule has 3 heteroatoms. The molecular weight excluding hydrogens is 320 g/mol. The highest BCUT2D eigenvalue weighted by atomic mass is 16.1. The molecule has 1 heterocycles. The second kappa shape index (κ2) is 6.81. The minimum absolute atomic E-state index is 0.0451. The van der Waals surface area contributed by atoms with E-state index in [9.17, 15) is 4.79 Å². The summed E-state index contributed by atoms with van der Waals surface area (Å²) in [5.41, 5.74) is 4.51. The summed E-state index contributed by atoms with van der Waals surface area (Å²) in [6.07, 6.45) is 3.99. The zero-order valence-electron chi connectivity index (χ0n) is 14.5. The lowest BCUT2D eigenvalue weighted by Crippen LogP contribution is -2.04. The number of benzene rings is 2. The van der Waals surface area contributed by atoms with E-state index in [4.69, 9.17) is 5.10 Å². The Labute approximate surface area is 151 Å². The van der Waals surface area contributed by atoms with Gasteiger partial charge in [0.05, 0.1) is 11.4 Å². The first-order valence-corrected chi connectivity index (χ1v) is 8.55. The minimum atomic E-state index is -0.0451. The summed E-state index contributed by atoms with van der Waals surface area (Å²) in [4.78, 5) is 12.6. The van der Waals surface area contributed by atoms with Crippen LogP contribution in [0.2, 0.25) is 0 Å². The van der Waals surface area contributed by atoms with E-state index < -0.39 is 0 Å². The molecule has 0 fully saturated rings. The Morgan fingerprint density at radius 2 is 1.50 bits per heavy atom. The molecule has 0 atom stereocenters. The van der Waals surface area contributed by atoms with Gasteiger partial charge in [-0.3, -0.25) is 4.79 Å². The Morgan fingerprint density at radius 3 is 2.27 bits per heavy atom. The quantitative estimate of drug-likeness (QED) is 0.534. The highest BCUT2D eigenvalue weighted by molar-refractivity contribution is 5.90. The van der Waals surface area contributed by atoms with Crippen LogP contribution in [0.25, 0.3) is 28.7 Å². The molecule has 0 unspecified atom stereocenters. The van der Waals surface area contributed by atoms with E-state index >= 15 is 0 Å². The van der Waals surface area contributed by atoms with Crippen molar-refractivity contribution in [3.63, 3.8) is 0 Å². The molecule has 26 heavy (non-hydrogen) atoms. The van der Waals surface area contributed by atoms with Gasteiger partial charge in [0.2, 0.25) is 5.43 Å². The molecule has 0 amide bonds. The van der Waals surface area contributed by atoms with E-state index in [1.165, 1.54) is 5.56 Å². The van der Waals surface area contributed by atoms with Crippen molar-refractivity contribution >= 4 is 23.1 Å². The second-order valence-corrected chi connectivity index (χ2v) is 6.22. The second-order valence-electron chi connectivity index (χ2n) is 6.22. The van der Waals surface area contributed by atoms with Crippen LogP contribution < -0.4 is 5.43 Å². The number of fused-ring (bicyclic) bond motifs is 1. The molecule has 0 aliphatic heterocycles. The number of rotatable bonds is 3. The zero-order chi connectivity index (χ0) is 17.9. The first-order chi connectivity index (χ1) is 12.7. The van der Waals surface area contributed by atoms with E-state index in [0.29, 0.717) is 5.52 Å². The van der Waals surface area contributed by atoms with Gasteiger partial charge in [-0.2, -0.15) is 5.10 Å². The van der Waals surface area contributed by atoms with Crippen molar-refractivity contribution in [3.05, 3.63) is 106 Å². The van der Waals surface area contributed by atoms with Crippen LogP contribution in [0.5, 0.6) is 0 Å². The fourth-order valence-corrected chi connectivity index (χ4v) is 2.95. The number of aromatic nitrogens is 2. The van der Waals surface area contributed by atoms with Gasteiger partial charge < -0.3 is 0 Å². The number of para-hydroxylation sites is 1. The van der Waals surface area contributed by atoms with Gasteiger partial charge in [-0.25, -0.2) is 4.68 Å². The van der Waals surface area contributed by atoms with Gasteiger partial charge in [0.15, 0.2) is 0 Å². The Kier molecular flexibility index (Phi) is 4.20. The van der Waals surface area contributed by atoms with Crippen molar-refractivity contribution < 1.29 is 0 Å². The van der Waals surface area contributed by atoms with E-state index in [2.05, 4.69) is 31.2 Å². The summed E-state index contributed by atoms with van der Waals surface area (Å²) in [7, 11) is 0. The maximum atomic E-state index is 12.6. The molecule has 0 aliphatic rings. The van der Waals surface area contributed by atoms with Crippen LogP contribution in [0, 0.1) is 6.92 Å². The van der Waals surface area contributed by atoms with Crippen LogP contribution in [-0.2, 0) is 0 Å². The third-order valence-corrected chi connectivity index (χ3v) is 4.32. The van der Waals surface area contributed by atoms with Crippen molar-refractivity contribution in [2.45, 2.75) is 6.92 Å². The molecule has 0 saturated carbocycles. The van der Waals surface area contributed by atoms with Gasteiger partial charge in [-0.05, 0) is 36.8 Å². The summed E-state index contributed by atoms with van der Waals surface area (Å²) in [6.45, 7) is 2.07. The molecule has 3 nitrogen and oxygen atoms in total. The predicted octanol–water partition coefficient (Wildman–Crippen LogP) is 4.86. The fourth-order valence-electron chi connectivity index (χ4n) is 2.95. The molecule has 0 spiro atoms. The first-order valence-electron chi connectivity index (χ1n) is 8.55. The maximum absolute atomic E-state index is 12.6. The van der Waals surface area contributed by atoms with Crippen molar-refractivity contribution in [3.8, 4) is 5.69 Å². The normalized spacial score (nSPS) is 11.3. The summed E-state index contributed by atoms with van der Waals surface area (Å²) in [5, 5.41) is 5.55. The van der Waals surface area contributed by atoms with Gasteiger partial charge >= 0.3 is 0 Å². The number of hydrogen-bond acceptors (Lipinski definition) is 2. The fraction of sp³-hybridized carbons (Fsp3) is 0.0435. The van der Waals surface area contributed by atoms with Crippen molar-refractivity contribution in [1.29, 1.82) is 0 Å². The number of nitrogens with zero attached hydrogens (tertiary/aromatic N) is 2. The molecule has 4 rings (SSSR count). The average molecular weight is 338 g/mol. The monoisotopic (exact) mass is 338 g/mol. The van der Waals surface area contributed by atoms with Gasteiger partial charge in [-0.15, -0.1) is 0 Å². The van der Waals surface area contributed by atoms with Crippen LogP contribution >= 0.6 is 0 Å². The van der Waals surface area contributed by atoms with Crippen LogP contribution in [0.3, 0.4) is 0 Å². The van der Waals surface area contributed by atoms with Gasteiger partial charge in [0.1, 0.15) is 5.52 Å². The molecule has 126 valence electrons. The van der Waals surface area contributed by atoms with Crippen molar-refractivity contribution in [2.75, 3.05) is 0 Å². The standard InChI is InChI=1S/C23H18N2O/c1-17-11-13-18(14-12-17)15-16-21-20-9-5-6-10-22(26)23(20)25(24-21)19-7-3-2-4-8-19/h2-16H,1H3/b16-15-. The third kappa shape index (κ3) is 3.07. The highest BCUT2D eigenvalue weighted by Crippen LogP contribution is 2.21. The topological polar surface area (TPSA) is 34.9 Å². The smallest absolute Gasteiger partial charge is 0.204 e. The van der Waals surface area contributed by atoms with E-state index in [1.54, 1.807) is 16.8 Å². The first kappa shape index (κ1) is 16.0. The van der Waals surface area contributed by atoms with Gasteiger partial charge in [0.25, 0.3) is 0 Å². The molecule has 3 aromatic carbocycles. The highest BCUT2D eigenvalue weighted by Gasteiger charge is 2.11. The summed E-state index contributed by atoms with van der Waals surface area (Å²) in [6, 6.07) is 25.2. The molecular formula is C23H18N2O. The Balaban J connectivity index is 1.91. The minimum Gasteiger partial charge on any atom is -0.288 e. The van der Waals surface area contributed by atoms with E-state index in [1.807, 2.05) is 54.6 Å².